The normalized spacial score (nSPS) is 11.0. The summed E-state index contributed by atoms with van der Waals surface area (Å²) >= 11 is 0. The van der Waals surface area contributed by atoms with Gasteiger partial charge < -0.3 is 20.3 Å². The van der Waals surface area contributed by atoms with Crippen molar-refractivity contribution in [3.63, 3.8) is 0 Å². The zero-order valence-electron chi connectivity index (χ0n) is 15.9. The summed E-state index contributed by atoms with van der Waals surface area (Å²) in [5.74, 6) is -0.0757. The summed E-state index contributed by atoms with van der Waals surface area (Å²) in [6, 6.07) is 13.9. The number of hydrogen-bond acceptors (Lipinski definition) is 5. The van der Waals surface area contributed by atoms with Crippen LogP contribution < -0.4 is 15.4 Å². The van der Waals surface area contributed by atoms with E-state index in [2.05, 4.69) is 15.6 Å². The van der Waals surface area contributed by atoms with E-state index in [1.165, 1.54) is 6.92 Å². The van der Waals surface area contributed by atoms with E-state index < -0.39 is 5.91 Å². The van der Waals surface area contributed by atoms with Gasteiger partial charge in [-0.05, 0) is 30.3 Å². The molecule has 4 aromatic rings. The van der Waals surface area contributed by atoms with Crippen molar-refractivity contribution in [2.45, 2.75) is 20.4 Å². The fourth-order valence-corrected chi connectivity index (χ4v) is 3.14. The van der Waals surface area contributed by atoms with Crippen LogP contribution in [0.3, 0.4) is 0 Å². The van der Waals surface area contributed by atoms with E-state index in [0.29, 0.717) is 32.8 Å². The Morgan fingerprint density at radius 2 is 1.97 bits per heavy atom. The van der Waals surface area contributed by atoms with Crippen molar-refractivity contribution in [1.82, 2.24) is 10.3 Å². The molecule has 0 saturated carbocycles. The first-order valence-corrected chi connectivity index (χ1v) is 8.99. The molecule has 0 aliphatic rings. The van der Waals surface area contributed by atoms with Gasteiger partial charge in [0.05, 0.1) is 6.54 Å². The predicted molar refractivity (Wildman–Crippen MR) is 107 cm³/mol. The van der Waals surface area contributed by atoms with Crippen molar-refractivity contribution in [2.75, 3.05) is 5.32 Å². The van der Waals surface area contributed by atoms with Crippen molar-refractivity contribution in [1.29, 1.82) is 0 Å². The smallest absolute Gasteiger partial charge is 0.276 e. The number of nitrogens with zero attached hydrogens (tertiary/aromatic N) is 2. The number of anilines is 1. The lowest BCUT2D eigenvalue weighted by Gasteiger charge is -2.09. The molecule has 29 heavy (non-hydrogen) atoms. The number of fused-ring (bicyclic) bond motifs is 2. The van der Waals surface area contributed by atoms with E-state index in [1.807, 2.05) is 0 Å². The third-order valence-electron chi connectivity index (χ3n) is 4.51. The third kappa shape index (κ3) is 3.60. The molecule has 2 heterocycles. The molecule has 2 aromatic carbocycles. The second kappa shape index (κ2) is 7.23. The average molecular weight is 390 g/mol. The van der Waals surface area contributed by atoms with Crippen LogP contribution in [0.2, 0.25) is 0 Å². The number of para-hydroxylation sites is 2. The summed E-state index contributed by atoms with van der Waals surface area (Å²) in [6.45, 7) is 3.14. The number of hydrogen-bond donors (Lipinski definition) is 2. The highest BCUT2D eigenvalue weighted by Gasteiger charge is 2.21. The van der Waals surface area contributed by atoms with Gasteiger partial charge >= 0.3 is 0 Å². The zero-order chi connectivity index (χ0) is 20.5. The highest BCUT2D eigenvalue weighted by Crippen LogP contribution is 2.23. The summed E-state index contributed by atoms with van der Waals surface area (Å²) in [7, 11) is 0. The Bertz CT molecular complexity index is 1260. The number of amides is 2. The molecule has 8 heteroatoms. The summed E-state index contributed by atoms with van der Waals surface area (Å²) < 4.78 is 6.43. The van der Waals surface area contributed by atoms with E-state index in [9.17, 15) is 14.8 Å². The van der Waals surface area contributed by atoms with Crippen molar-refractivity contribution in [2.24, 2.45) is 0 Å². The molecule has 0 spiro atoms. The molecule has 2 amide bonds. The minimum atomic E-state index is -0.461. The molecular formula is C21H18N4O4. The number of carbonyl (C=O) groups is 2. The van der Waals surface area contributed by atoms with Gasteiger partial charge in [-0.2, -0.15) is 4.73 Å². The molecule has 2 N–H and O–H groups in total. The van der Waals surface area contributed by atoms with Crippen LogP contribution in [0, 0.1) is 12.1 Å². The van der Waals surface area contributed by atoms with Crippen molar-refractivity contribution in [3.8, 4) is 0 Å². The Kier molecular flexibility index (Phi) is 4.59. The summed E-state index contributed by atoms with van der Waals surface area (Å²) in [5, 5.41) is 18.7. The quantitative estimate of drug-likeness (QED) is 0.411. The third-order valence-corrected chi connectivity index (χ3v) is 4.51. The average Bonchev–Trinajstić information content (AvgIpc) is 3.10. The maximum atomic E-state index is 12.6. The first-order chi connectivity index (χ1) is 13.9. The molecule has 2 aromatic heterocycles. The summed E-state index contributed by atoms with van der Waals surface area (Å²) in [6.07, 6.45) is 0. The van der Waals surface area contributed by atoms with Crippen molar-refractivity contribution < 1.29 is 18.7 Å². The topological polar surface area (TPSA) is 111 Å². The fourth-order valence-electron chi connectivity index (χ4n) is 3.14. The lowest BCUT2D eigenvalue weighted by atomic mass is 10.2. The predicted octanol–water partition coefficient (Wildman–Crippen LogP) is 2.81. The SMILES string of the molecule is CC(=O)Nc1ccc2oc(CNC(=O)c3nc4ccccc4[n+]([O-])c3C)cc2c1. The van der Waals surface area contributed by atoms with Gasteiger partial charge in [-0.15, -0.1) is 0 Å². The molecule has 8 nitrogen and oxygen atoms in total. The maximum absolute atomic E-state index is 12.6. The highest BCUT2D eigenvalue weighted by atomic mass is 16.5. The molecule has 0 aliphatic heterocycles. The number of benzene rings is 2. The Morgan fingerprint density at radius 3 is 2.76 bits per heavy atom. The minimum Gasteiger partial charge on any atom is -0.618 e. The van der Waals surface area contributed by atoms with E-state index in [4.69, 9.17) is 4.42 Å². The van der Waals surface area contributed by atoms with Crippen LogP contribution in [0.25, 0.3) is 22.0 Å². The maximum Gasteiger partial charge on any atom is 0.276 e. The second-order valence-corrected chi connectivity index (χ2v) is 6.66. The van der Waals surface area contributed by atoms with Crippen LogP contribution in [-0.4, -0.2) is 16.8 Å². The second-order valence-electron chi connectivity index (χ2n) is 6.66. The van der Waals surface area contributed by atoms with Gasteiger partial charge in [-0.25, -0.2) is 4.98 Å². The number of rotatable bonds is 4. The Morgan fingerprint density at radius 1 is 1.17 bits per heavy atom. The molecule has 0 aliphatic carbocycles. The summed E-state index contributed by atoms with van der Waals surface area (Å²) in [5.41, 5.74) is 2.47. The van der Waals surface area contributed by atoms with Crippen LogP contribution in [0.1, 0.15) is 28.9 Å². The monoisotopic (exact) mass is 390 g/mol. The Balaban J connectivity index is 1.54. The first kappa shape index (κ1) is 18.4. The van der Waals surface area contributed by atoms with Gasteiger partial charge in [0.2, 0.25) is 17.1 Å². The standard InChI is InChI=1S/C21H18N4O4/c1-12-20(24-17-5-3-4-6-18(17)25(12)28)21(27)22-11-16-10-14-9-15(23-13(2)26)7-8-19(14)29-16/h3-10H,11H2,1-2H3,(H,22,27)(H,23,26). The zero-order valence-corrected chi connectivity index (χ0v) is 15.9. The number of aromatic nitrogens is 2. The Labute approximate surface area is 165 Å². The largest absolute Gasteiger partial charge is 0.618 e. The van der Waals surface area contributed by atoms with Crippen LogP contribution in [-0.2, 0) is 11.3 Å². The number of furan rings is 1. The van der Waals surface area contributed by atoms with Crippen molar-refractivity contribution >= 4 is 39.5 Å². The van der Waals surface area contributed by atoms with Crippen LogP contribution in [0.15, 0.2) is 52.9 Å². The van der Waals surface area contributed by atoms with E-state index >= 15 is 0 Å². The van der Waals surface area contributed by atoms with E-state index in [-0.39, 0.29) is 23.8 Å². The lowest BCUT2D eigenvalue weighted by molar-refractivity contribution is -0.584. The molecule has 0 atom stereocenters. The van der Waals surface area contributed by atoms with Gasteiger partial charge in [-0.3, -0.25) is 9.59 Å². The van der Waals surface area contributed by atoms with Gasteiger partial charge in [0.25, 0.3) is 5.91 Å². The van der Waals surface area contributed by atoms with Gasteiger partial charge in [0, 0.05) is 31.0 Å². The molecular weight excluding hydrogens is 372 g/mol. The molecule has 0 fully saturated rings. The molecule has 0 radical (unpaired) electrons. The van der Waals surface area contributed by atoms with E-state index in [0.717, 1.165) is 5.39 Å². The molecule has 0 saturated heterocycles. The minimum absolute atomic E-state index is 0.0720. The molecule has 146 valence electrons. The lowest BCUT2D eigenvalue weighted by Crippen LogP contribution is -2.36. The summed E-state index contributed by atoms with van der Waals surface area (Å²) in [4.78, 5) is 28.1. The molecule has 0 bridgehead atoms. The Hall–Kier alpha value is -3.94. The van der Waals surface area contributed by atoms with Crippen molar-refractivity contribution in [3.05, 3.63) is 70.9 Å². The molecule has 4 rings (SSSR count). The van der Waals surface area contributed by atoms with Gasteiger partial charge in [0.15, 0.2) is 5.69 Å². The van der Waals surface area contributed by atoms with E-state index in [1.54, 1.807) is 55.5 Å². The van der Waals surface area contributed by atoms with Crippen LogP contribution in [0.4, 0.5) is 5.69 Å². The first-order valence-electron chi connectivity index (χ1n) is 8.99. The van der Waals surface area contributed by atoms with Gasteiger partial charge in [-0.1, -0.05) is 12.1 Å². The van der Waals surface area contributed by atoms with Crippen LogP contribution in [0.5, 0.6) is 0 Å². The number of nitrogens with one attached hydrogen (secondary N) is 2. The van der Waals surface area contributed by atoms with Gasteiger partial charge in [0.1, 0.15) is 16.9 Å². The number of carbonyl (C=O) groups excluding carboxylic acids is 2. The molecule has 0 unspecified atom stereocenters. The highest BCUT2D eigenvalue weighted by molar-refractivity contribution is 5.94. The fraction of sp³-hybridized carbons (Fsp3) is 0.143. The van der Waals surface area contributed by atoms with Crippen LogP contribution >= 0.6 is 0 Å².